The first kappa shape index (κ1) is 32.8. The maximum atomic E-state index is 7.40. The number of para-hydroxylation sites is 1. The summed E-state index contributed by atoms with van der Waals surface area (Å²) >= 11 is 0. The van der Waals surface area contributed by atoms with Crippen LogP contribution in [0.4, 0.5) is 11.4 Å². The van der Waals surface area contributed by atoms with Gasteiger partial charge in [0.2, 0.25) is 0 Å². The molecule has 3 heteroatoms. The fraction of sp³-hybridized carbons (Fsp3) is 0.0545. The minimum Gasteiger partial charge on any atom is -0.449 e. The maximum absolute atomic E-state index is 7.40. The average molecular weight is 744 g/mol. The van der Waals surface area contributed by atoms with Crippen LogP contribution in [0.1, 0.15) is 40.7 Å². The molecule has 4 aliphatic rings. The predicted octanol–water partition coefficient (Wildman–Crippen LogP) is 14.5. The van der Waals surface area contributed by atoms with Crippen LogP contribution in [-0.2, 0) is 5.41 Å². The normalized spacial score (nSPS) is 14.7. The third-order valence-electron chi connectivity index (χ3n) is 12.4. The summed E-state index contributed by atoms with van der Waals surface area (Å²) in [4.78, 5) is 2.36. The third kappa shape index (κ3) is 4.68. The lowest BCUT2D eigenvalue weighted by Crippen LogP contribution is -2.25. The Morgan fingerprint density at radius 3 is 1.67 bits per heavy atom. The van der Waals surface area contributed by atoms with Crippen molar-refractivity contribution < 1.29 is 9.47 Å². The Kier molecular flexibility index (Phi) is 7.27. The second kappa shape index (κ2) is 12.8. The molecule has 1 aliphatic heterocycles. The monoisotopic (exact) mass is 743 g/mol. The summed E-state index contributed by atoms with van der Waals surface area (Å²) < 4.78 is 14.3. The summed E-state index contributed by atoms with van der Waals surface area (Å²) in [5, 5.41) is 0. The SMILES string of the molecule is C1=C(c2ccccc2)C(N(c2ccc(-c3ccccc3)cc2)c2cccc3c2Oc2c(ccc4c2-c2ccccc2C42c4ccccc4-c4ccccc42)O3)=CCC1. The van der Waals surface area contributed by atoms with Gasteiger partial charge >= 0.3 is 0 Å². The Hall–Kier alpha value is -7.36. The molecule has 8 aromatic rings. The van der Waals surface area contributed by atoms with Crippen LogP contribution in [0.2, 0.25) is 0 Å². The molecule has 0 atom stereocenters. The van der Waals surface area contributed by atoms with Gasteiger partial charge in [0.25, 0.3) is 0 Å². The van der Waals surface area contributed by atoms with Crippen molar-refractivity contribution in [1.82, 2.24) is 0 Å². The van der Waals surface area contributed by atoms with Gasteiger partial charge in [-0.05, 0) is 98.8 Å². The van der Waals surface area contributed by atoms with Crippen LogP contribution < -0.4 is 14.4 Å². The van der Waals surface area contributed by atoms with Gasteiger partial charge in [0.05, 0.1) is 11.1 Å². The van der Waals surface area contributed by atoms with Crippen LogP contribution in [0.3, 0.4) is 0 Å². The first-order chi connectivity index (χ1) is 28.8. The lowest BCUT2D eigenvalue weighted by Gasteiger charge is -2.34. The van der Waals surface area contributed by atoms with E-state index in [0.717, 1.165) is 47.0 Å². The molecule has 0 unspecified atom stereocenters. The number of ether oxygens (including phenoxy) is 2. The fourth-order valence-electron chi connectivity index (χ4n) is 10.00. The number of hydrogen-bond acceptors (Lipinski definition) is 3. The van der Waals surface area contributed by atoms with Crippen molar-refractivity contribution in [1.29, 1.82) is 0 Å². The quantitative estimate of drug-likeness (QED) is 0.175. The molecule has 1 spiro atoms. The largest absolute Gasteiger partial charge is 0.449 e. The second-order valence-electron chi connectivity index (χ2n) is 15.4. The Labute approximate surface area is 338 Å². The summed E-state index contributed by atoms with van der Waals surface area (Å²) in [5.41, 5.74) is 17.2. The van der Waals surface area contributed by atoms with E-state index in [2.05, 4.69) is 199 Å². The molecule has 1 heterocycles. The molecule has 0 fully saturated rings. The maximum Gasteiger partial charge on any atom is 0.194 e. The number of fused-ring (bicyclic) bond motifs is 13. The van der Waals surface area contributed by atoms with Crippen LogP contribution in [0.15, 0.2) is 206 Å². The van der Waals surface area contributed by atoms with Crippen molar-refractivity contribution in [3.05, 3.63) is 234 Å². The van der Waals surface area contributed by atoms with Crippen molar-refractivity contribution in [2.75, 3.05) is 4.90 Å². The Morgan fingerprint density at radius 2 is 0.966 bits per heavy atom. The molecule has 12 rings (SSSR count). The Bertz CT molecular complexity index is 2950. The number of nitrogens with zero attached hydrogens (tertiary/aromatic N) is 1. The van der Waals surface area contributed by atoms with E-state index in [4.69, 9.17) is 9.47 Å². The number of anilines is 2. The minimum absolute atomic E-state index is 0.480. The molecule has 0 amide bonds. The van der Waals surface area contributed by atoms with Crippen LogP contribution in [0, 0.1) is 0 Å². The van der Waals surface area contributed by atoms with Crippen LogP contribution >= 0.6 is 0 Å². The standard InChI is InChI=1S/C55H37NO2/c1-3-16-36(17-4-1)37-30-32-39(33-31-37)56(48-27-14-10-20-40(48)38-18-5-2-6-19-38)49-28-15-29-50-53(49)58-54-51(57-50)35-34-47-52(54)43-23-9-13-26-46(43)55(47)44-24-11-7-21-41(44)42-22-8-12-25-45(42)55/h1-9,11-13,15-35H,10,14H2. The zero-order chi connectivity index (χ0) is 38.2. The Morgan fingerprint density at radius 1 is 0.397 bits per heavy atom. The molecular weight excluding hydrogens is 707 g/mol. The summed E-state index contributed by atoms with van der Waals surface area (Å²) in [5.74, 6) is 2.85. The minimum atomic E-state index is -0.480. The highest BCUT2D eigenvalue weighted by molar-refractivity contribution is 5.98. The van der Waals surface area contributed by atoms with E-state index < -0.39 is 5.41 Å². The predicted molar refractivity (Wildman–Crippen MR) is 235 cm³/mol. The molecule has 0 bridgehead atoms. The summed E-state index contributed by atoms with van der Waals surface area (Å²) in [7, 11) is 0. The van der Waals surface area contributed by atoms with Crippen molar-refractivity contribution in [3.8, 4) is 56.4 Å². The molecule has 58 heavy (non-hydrogen) atoms. The van der Waals surface area contributed by atoms with Gasteiger partial charge in [0.1, 0.15) is 0 Å². The van der Waals surface area contributed by atoms with Gasteiger partial charge in [-0.1, -0.05) is 170 Å². The van der Waals surface area contributed by atoms with Gasteiger partial charge in [-0.15, -0.1) is 0 Å². The molecule has 0 saturated heterocycles. The van der Waals surface area contributed by atoms with Crippen LogP contribution in [0.5, 0.6) is 23.0 Å². The van der Waals surface area contributed by atoms with Crippen molar-refractivity contribution >= 4 is 16.9 Å². The van der Waals surface area contributed by atoms with Crippen molar-refractivity contribution in [2.24, 2.45) is 0 Å². The first-order valence-electron chi connectivity index (χ1n) is 20.2. The number of rotatable bonds is 5. The summed E-state index contributed by atoms with van der Waals surface area (Å²) in [6.07, 6.45) is 6.67. The molecule has 274 valence electrons. The molecule has 0 radical (unpaired) electrons. The fourth-order valence-corrected chi connectivity index (χ4v) is 10.00. The number of allylic oxidation sites excluding steroid dienone is 3. The summed E-state index contributed by atoms with van der Waals surface area (Å²) in [6, 6.07) is 67.5. The van der Waals surface area contributed by atoms with E-state index >= 15 is 0 Å². The zero-order valence-corrected chi connectivity index (χ0v) is 31.7. The second-order valence-corrected chi connectivity index (χ2v) is 15.4. The van der Waals surface area contributed by atoms with E-state index in [-0.39, 0.29) is 0 Å². The third-order valence-corrected chi connectivity index (χ3v) is 12.4. The van der Waals surface area contributed by atoms with E-state index in [1.54, 1.807) is 0 Å². The van der Waals surface area contributed by atoms with Gasteiger partial charge in [-0.25, -0.2) is 0 Å². The van der Waals surface area contributed by atoms with Gasteiger partial charge in [0, 0.05) is 22.5 Å². The van der Waals surface area contributed by atoms with E-state index in [1.165, 1.54) is 61.2 Å². The molecule has 8 aromatic carbocycles. The van der Waals surface area contributed by atoms with Crippen LogP contribution in [-0.4, -0.2) is 0 Å². The first-order valence-corrected chi connectivity index (χ1v) is 20.2. The van der Waals surface area contributed by atoms with E-state index in [1.807, 2.05) is 6.07 Å². The average Bonchev–Trinajstić information content (AvgIpc) is 3.77. The smallest absolute Gasteiger partial charge is 0.194 e. The highest BCUT2D eigenvalue weighted by atomic mass is 16.6. The molecule has 3 nitrogen and oxygen atoms in total. The molecule has 0 aromatic heterocycles. The van der Waals surface area contributed by atoms with E-state index in [0.29, 0.717) is 11.5 Å². The lowest BCUT2D eigenvalue weighted by atomic mass is 9.70. The molecule has 3 aliphatic carbocycles. The topological polar surface area (TPSA) is 21.7 Å². The highest BCUT2D eigenvalue weighted by Crippen LogP contribution is 2.67. The lowest BCUT2D eigenvalue weighted by molar-refractivity contribution is 0.361. The van der Waals surface area contributed by atoms with Gasteiger partial charge in [-0.3, -0.25) is 0 Å². The van der Waals surface area contributed by atoms with Gasteiger partial charge < -0.3 is 14.4 Å². The van der Waals surface area contributed by atoms with E-state index in [9.17, 15) is 0 Å². The molecular formula is C55H37NO2. The van der Waals surface area contributed by atoms with Crippen molar-refractivity contribution in [2.45, 2.75) is 18.3 Å². The summed E-state index contributed by atoms with van der Waals surface area (Å²) in [6.45, 7) is 0. The van der Waals surface area contributed by atoms with Gasteiger partial charge in [0.15, 0.2) is 23.0 Å². The number of hydrogen-bond donors (Lipinski definition) is 0. The molecule has 0 saturated carbocycles. The van der Waals surface area contributed by atoms with Crippen LogP contribution in [0.25, 0.3) is 39.0 Å². The van der Waals surface area contributed by atoms with Crippen molar-refractivity contribution in [3.63, 3.8) is 0 Å². The zero-order valence-electron chi connectivity index (χ0n) is 31.7. The van der Waals surface area contributed by atoms with Gasteiger partial charge in [-0.2, -0.15) is 0 Å². The highest BCUT2D eigenvalue weighted by Gasteiger charge is 2.53. The molecule has 0 N–H and O–H groups in total. The number of benzene rings is 8. The Balaban J connectivity index is 1.05.